The molecule has 0 unspecified atom stereocenters. The molecular formula is C11H21N3O3S. The summed E-state index contributed by atoms with van der Waals surface area (Å²) >= 11 is 0. The lowest BCUT2D eigenvalue weighted by Gasteiger charge is -2.04. The predicted octanol–water partition coefficient (Wildman–Crippen LogP) is 0.282. The van der Waals surface area contributed by atoms with Gasteiger partial charge in [0.05, 0.1) is 11.5 Å². The maximum Gasteiger partial charge on any atom is 0.242 e. The second kappa shape index (κ2) is 6.89. The molecule has 0 aromatic carbocycles. The highest BCUT2D eigenvalue weighted by Gasteiger charge is 2.17. The van der Waals surface area contributed by atoms with Crippen LogP contribution < -0.4 is 10.5 Å². The lowest BCUT2D eigenvalue weighted by molar-refractivity contribution is 0.204. The fourth-order valence-corrected chi connectivity index (χ4v) is 2.73. The summed E-state index contributed by atoms with van der Waals surface area (Å²) in [6.45, 7) is 3.73. The summed E-state index contributed by atoms with van der Waals surface area (Å²) in [6.07, 6.45) is 2.55. The minimum Gasteiger partial charge on any atom is -0.383 e. The number of rotatable bonds is 8. The van der Waals surface area contributed by atoms with Crippen LogP contribution in [0.2, 0.25) is 0 Å². The van der Waals surface area contributed by atoms with E-state index in [1.54, 1.807) is 12.3 Å². The van der Waals surface area contributed by atoms with Crippen LogP contribution in [0.4, 0.5) is 0 Å². The molecule has 0 aliphatic rings. The van der Waals surface area contributed by atoms with E-state index in [0.29, 0.717) is 13.2 Å². The number of aromatic nitrogens is 1. The van der Waals surface area contributed by atoms with E-state index in [-0.39, 0.29) is 11.4 Å². The molecule has 0 saturated carbocycles. The monoisotopic (exact) mass is 275 g/mol. The van der Waals surface area contributed by atoms with E-state index in [0.717, 1.165) is 18.7 Å². The molecule has 0 amide bonds. The minimum absolute atomic E-state index is 0.257. The number of methoxy groups -OCH3 is 1. The third kappa shape index (κ3) is 3.81. The highest BCUT2D eigenvalue weighted by atomic mass is 32.2. The fraction of sp³-hybridized carbons (Fsp3) is 0.636. The van der Waals surface area contributed by atoms with Gasteiger partial charge in [-0.2, -0.15) is 0 Å². The second-order valence-corrected chi connectivity index (χ2v) is 5.72. The van der Waals surface area contributed by atoms with Crippen LogP contribution in [-0.4, -0.2) is 33.2 Å². The Labute approximate surface area is 108 Å². The molecule has 0 bridgehead atoms. The van der Waals surface area contributed by atoms with Crippen molar-refractivity contribution in [1.82, 2.24) is 9.29 Å². The van der Waals surface area contributed by atoms with E-state index in [9.17, 15) is 8.42 Å². The van der Waals surface area contributed by atoms with Gasteiger partial charge in [0.15, 0.2) is 0 Å². The van der Waals surface area contributed by atoms with Crippen molar-refractivity contribution in [3.8, 4) is 0 Å². The highest BCUT2D eigenvalue weighted by Crippen LogP contribution is 2.14. The summed E-state index contributed by atoms with van der Waals surface area (Å²) in [5.41, 5.74) is 6.43. The van der Waals surface area contributed by atoms with Crippen LogP contribution >= 0.6 is 0 Å². The minimum atomic E-state index is -3.47. The van der Waals surface area contributed by atoms with E-state index in [2.05, 4.69) is 4.72 Å². The summed E-state index contributed by atoms with van der Waals surface area (Å²) < 4.78 is 33.1. The van der Waals surface area contributed by atoms with Crippen LogP contribution in [-0.2, 0) is 27.8 Å². The molecule has 3 N–H and O–H groups in total. The van der Waals surface area contributed by atoms with Gasteiger partial charge in [-0.15, -0.1) is 0 Å². The van der Waals surface area contributed by atoms with Crippen molar-refractivity contribution < 1.29 is 13.2 Å². The van der Waals surface area contributed by atoms with Crippen LogP contribution in [0.25, 0.3) is 0 Å². The number of nitrogens with two attached hydrogens (primary N) is 1. The molecular weight excluding hydrogens is 254 g/mol. The third-order valence-corrected chi connectivity index (χ3v) is 3.97. The maximum absolute atomic E-state index is 12.0. The SMILES string of the molecule is CCCn1cc(S(=O)(=O)NCCOC)cc1CN. The number of nitrogens with one attached hydrogen (secondary N) is 1. The number of hydrogen-bond donors (Lipinski definition) is 2. The summed E-state index contributed by atoms with van der Waals surface area (Å²) in [4.78, 5) is 0.257. The third-order valence-electron chi connectivity index (χ3n) is 2.54. The molecule has 0 radical (unpaired) electrons. The van der Waals surface area contributed by atoms with Crippen molar-refractivity contribution in [1.29, 1.82) is 0 Å². The predicted molar refractivity (Wildman–Crippen MR) is 69.7 cm³/mol. The van der Waals surface area contributed by atoms with E-state index in [1.807, 2.05) is 11.5 Å². The van der Waals surface area contributed by atoms with Crippen molar-refractivity contribution in [3.63, 3.8) is 0 Å². The van der Waals surface area contributed by atoms with Crippen molar-refractivity contribution in [2.24, 2.45) is 5.73 Å². The van der Waals surface area contributed by atoms with Crippen LogP contribution in [0, 0.1) is 0 Å². The van der Waals surface area contributed by atoms with Crippen LogP contribution in [0.1, 0.15) is 19.0 Å². The van der Waals surface area contributed by atoms with Gasteiger partial charge in [-0.3, -0.25) is 0 Å². The van der Waals surface area contributed by atoms with Gasteiger partial charge < -0.3 is 15.0 Å². The smallest absolute Gasteiger partial charge is 0.242 e. The lowest BCUT2D eigenvalue weighted by atomic mass is 10.4. The Balaban J connectivity index is 2.88. The number of nitrogens with zero attached hydrogens (tertiary/aromatic N) is 1. The zero-order valence-electron chi connectivity index (χ0n) is 10.8. The Morgan fingerprint density at radius 3 is 2.78 bits per heavy atom. The Kier molecular flexibility index (Phi) is 5.80. The van der Waals surface area contributed by atoms with Gasteiger partial charge in [-0.05, 0) is 12.5 Å². The van der Waals surface area contributed by atoms with Gasteiger partial charge in [0, 0.05) is 38.6 Å². The molecule has 0 saturated heterocycles. The normalized spacial score (nSPS) is 11.9. The zero-order chi connectivity index (χ0) is 13.6. The fourth-order valence-electron chi connectivity index (χ4n) is 1.65. The summed E-state index contributed by atoms with van der Waals surface area (Å²) in [6, 6.07) is 1.62. The topological polar surface area (TPSA) is 86.3 Å². The van der Waals surface area contributed by atoms with Gasteiger partial charge in [0.2, 0.25) is 10.0 Å². The molecule has 1 heterocycles. The Morgan fingerprint density at radius 2 is 2.22 bits per heavy atom. The first-order chi connectivity index (χ1) is 8.55. The second-order valence-electron chi connectivity index (χ2n) is 3.96. The van der Waals surface area contributed by atoms with Crippen LogP contribution in [0.3, 0.4) is 0 Å². The molecule has 1 aromatic heterocycles. The van der Waals surface area contributed by atoms with Crippen LogP contribution in [0.15, 0.2) is 17.2 Å². The number of hydrogen-bond acceptors (Lipinski definition) is 4. The molecule has 6 nitrogen and oxygen atoms in total. The van der Waals surface area contributed by atoms with Gasteiger partial charge in [0.1, 0.15) is 0 Å². The van der Waals surface area contributed by atoms with Crippen molar-refractivity contribution in [2.45, 2.75) is 31.3 Å². The quantitative estimate of drug-likeness (QED) is 0.667. The zero-order valence-corrected chi connectivity index (χ0v) is 11.7. The lowest BCUT2D eigenvalue weighted by Crippen LogP contribution is -2.26. The highest BCUT2D eigenvalue weighted by molar-refractivity contribution is 7.89. The van der Waals surface area contributed by atoms with Crippen molar-refractivity contribution in [3.05, 3.63) is 18.0 Å². The largest absolute Gasteiger partial charge is 0.383 e. The first-order valence-electron chi connectivity index (χ1n) is 5.93. The molecule has 7 heteroatoms. The van der Waals surface area contributed by atoms with E-state index >= 15 is 0 Å². The molecule has 0 aliphatic heterocycles. The molecule has 0 aliphatic carbocycles. The van der Waals surface area contributed by atoms with Crippen molar-refractivity contribution in [2.75, 3.05) is 20.3 Å². The number of aryl methyl sites for hydroxylation is 1. The average molecular weight is 275 g/mol. The Hall–Kier alpha value is -0.890. The van der Waals surface area contributed by atoms with E-state index in [1.165, 1.54) is 7.11 Å². The van der Waals surface area contributed by atoms with Gasteiger partial charge >= 0.3 is 0 Å². The number of sulfonamides is 1. The van der Waals surface area contributed by atoms with Crippen LogP contribution in [0.5, 0.6) is 0 Å². The first kappa shape index (κ1) is 15.2. The van der Waals surface area contributed by atoms with Crippen molar-refractivity contribution >= 4 is 10.0 Å². The molecule has 0 fully saturated rings. The average Bonchev–Trinajstić information content (AvgIpc) is 2.74. The molecule has 0 spiro atoms. The summed E-state index contributed by atoms with van der Waals surface area (Å²) in [5, 5.41) is 0. The van der Waals surface area contributed by atoms with Gasteiger partial charge in [0.25, 0.3) is 0 Å². The first-order valence-corrected chi connectivity index (χ1v) is 7.41. The maximum atomic E-state index is 12.0. The summed E-state index contributed by atoms with van der Waals surface area (Å²) in [7, 11) is -1.94. The molecule has 0 atom stereocenters. The Morgan fingerprint density at radius 1 is 1.50 bits per heavy atom. The van der Waals surface area contributed by atoms with E-state index < -0.39 is 10.0 Å². The molecule has 104 valence electrons. The molecule has 18 heavy (non-hydrogen) atoms. The summed E-state index contributed by atoms with van der Waals surface area (Å²) in [5.74, 6) is 0. The van der Waals surface area contributed by atoms with E-state index in [4.69, 9.17) is 10.5 Å². The Bertz CT molecular complexity index is 468. The standard InChI is InChI=1S/C11H21N3O3S/c1-3-5-14-9-11(7-10(14)8-12)18(15,16)13-4-6-17-2/h7,9,13H,3-6,8,12H2,1-2H3. The molecule has 1 aromatic rings. The van der Waals surface area contributed by atoms with Gasteiger partial charge in [-0.1, -0.05) is 6.92 Å². The molecule has 1 rings (SSSR count). The number of ether oxygens (including phenoxy) is 1. The van der Waals surface area contributed by atoms with Gasteiger partial charge in [-0.25, -0.2) is 13.1 Å².